The Kier molecular flexibility index (Phi) is 3.94. The second-order valence-corrected chi connectivity index (χ2v) is 4.38. The van der Waals surface area contributed by atoms with Gasteiger partial charge in [-0.15, -0.1) is 0 Å². The Labute approximate surface area is 102 Å². The van der Waals surface area contributed by atoms with Crippen molar-refractivity contribution < 1.29 is 5.11 Å². The van der Waals surface area contributed by atoms with Crippen molar-refractivity contribution in [3.05, 3.63) is 24.0 Å². The zero-order valence-corrected chi connectivity index (χ0v) is 9.84. The van der Waals surface area contributed by atoms with Crippen LogP contribution in [0, 0.1) is 11.3 Å². The number of hydrogen-bond donors (Lipinski definition) is 1. The highest BCUT2D eigenvalue weighted by Gasteiger charge is 2.22. The molecule has 2 rings (SSSR count). The van der Waals surface area contributed by atoms with E-state index in [0.29, 0.717) is 5.56 Å². The van der Waals surface area contributed by atoms with Crippen LogP contribution >= 0.6 is 0 Å². The standard InChI is InChI=1S/C13H17N3O/c14-8-11-5-6-15-9-13(11)16-7-3-1-2-4-12(16)10-17/h5-6,9,12,17H,1-4,7,10H2. The predicted octanol–water partition coefficient (Wildman–Crippen LogP) is 1.69. The molecule has 90 valence electrons. The van der Waals surface area contributed by atoms with Crippen LogP contribution < -0.4 is 4.90 Å². The first-order valence-electron chi connectivity index (χ1n) is 6.08. The average molecular weight is 231 g/mol. The molecule has 2 heterocycles. The highest BCUT2D eigenvalue weighted by Crippen LogP contribution is 2.26. The summed E-state index contributed by atoms with van der Waals surface area (Å²) in [6.07, 6.45) is 7.78. The van der Waals surface area contributed by atoms with E-state index >= 15 is 0 Å². The van der Waals surface area contributed by atoms with Crippen LogP contribution in [0.3, 0.4) is 0 Å². The van der Waals surface area contributed by atoms with Gasteiger partial charge in [-0.2, -0.15) is 5.26 Å². The summed E-state index contributed by atoms with van der Waals surface area (Å²) in [4.78, 5) is 6.23. The molecule has 0 amide bonds. The highest BCUT2D eigenvalue weighted by molar-refractivity contribution is 5.58. The fraction of sp³-hybridized carbons (Fsp3) is 0.538. The molecule has 1 aromatic heterocycles. The number of aliphatic hydroxyl groups excluding tert-OH is 1. The predicted molar refractivity (Wildman–Crippen MR) is 65.6 cm³/mol. The van der Waals surface area contributed by atoms with Crippen LogP contribution in [0.2, 0.25) is 0 Å². The Morgan fingerprint density at radius 2 is 2.35 bits per heavy atom. The number of rotatable bonds is 2. The van der Waals surface area contributed by atoms with Gasteiger partial charge in [0.25, 0.3) is 0 Å². The Bertz CT molecular complexity index is 413. The van der Waals surface area contributed by atoms with Crippen molar-refractivity contribution >= 4 is 5.69 Å². The number of hydrogen-bond acceptors (Lipinski definition) is 4. The van der Waals surface area contributed by atoms with Crippen molar-refractivity contribution in [3.63, 3.8) is 0 Å². The van der Waals surface area contributed by atoms with E-state index < -0.39 is 0 Å². The third-order valence-corrected chi connectivity index (χ3v) is 3.32. The molecule has 1 aromatic rings. The fourth-order valence-electron chi connectivity index (χ4n) is 2.39. The lowest BCUT2D eigenvalue weighted by molar-refractivity contribution is 0.255. The maximum atomic E-state index is 9.47. The van der Waals surface area contributed by atoms with Crippen LogP contribution in [-0.4, -0.2) is 29.3 Å². The molecule has 1 fully saturated rings. The summed E-state index contributed by atoms with van der Waals surface area (Å²) in [5.74, 6) is 0. The number of aromatic nitrogens is 1. The molecule has 0 spiro atoms. The van der Waals surface area contributed by atoms with Gasteiger partial charge in [-0.05, 0) is 18.9 Å². The average Bonchev–Trinajstić information content (AvgIpc) is 2.63. The van der Waals surface area contributed by atoms with E-state index in [0.717, 1.165) is 31.5 Å². The topological polar surface area (TPSA) is 60.2 Å². The first-order valence-corrected chi connectivity index (χ1v) is 6.08. The van der Waals surface area contributed by atoms with E-state index in [1.807, 2.05) is 0 Å². The van der Waals surface area contributed by atoms with E-state index in [2.05, 4.69) is 16.0 Å². The molecule has 0 aliphatic carbocycles. The SMILES string of the molecule is N#Cc1ccncc1N1CCCCCC1CO. The lowest BCUT2D eigenvalue weighted by Crippen LogP contribution is -2.38. The summed E-state index contributed by atoms with van der Waals surface area (Å²) >= 11 is 0. The third kappa shape index (κ3) is 2.56. The quantitative estimate of drug-likeness (QED) is 0.841. The van der Waals surface area contributed by atoms with Crippen molar-refractivity contribution in [2.75, 3.05) is 18.1 Å². The summed E-state index contributed by atoms with van der Waals surface area (Å²) in [7, 11) is 0. The van der Waals surface area contributed by atoms with Crippen LogP contribution in [0.1, 0.15) is 31.2 Å². The van der Waals surface area contributed by atoms with Crippen LogP contribution in [-0.2, 0) is 0 Å². The molecule has 1 aliphatic heterocycles. The monoisotopic (exact) mass is 231 g/mol. The van der Waals surface area contributed by atoms with Gasteiger partial charge < -0.3 is 10.0 Å². The van der Waals surface area contributed by atoms with Gasteiger partial charge in [0.1, 0.15) is 6.07 Å². The Hall–Kier alpha value is -1.60. The molecule has 1 N–H and O–H groups in total. The minimum atomic E-state index is 0.119. The summed E-state index contributed by atoms with van der Waals surface area (Å²) in [5, 5.41) is 18.6. The molecular formula is C13H17N3O. The summed E-state index contributed by atoms with van der Waals surface area (Å²) in [5.41, 5.74) is 1.50. The van der Waals surface area contributed by atoms with Gasteiger partial charge in [0, 0.05) is 12.7 Å². The number of aliphatic hydroxyl groups is 1. The Balaban J connectivity index is 2.32. The van der Waals surface area contributed by atoms with E-state index in [1.165, 1.54) is 6.42 Å². The number of pyridine rings is 1. The molecule has 1 saturated heterocycles. The molecule has 0 saturated carbocycles. The van der Waals surface area contributed by atoms with Gasteiger partial charge in [0.15, 0.2) is 0 Å². The first kappa shape index (κ1) is 11.9. The van der Waals surface area contributed by atoms with Gasteiger partial charge in [-0.3, -0.25) is 4.98 Å². The summed E-state index contributed by atoms with van der Waals surface area (Å²) in [6.45, 7) is 1.03. The van der Waals surface area contributed by atoms with Gasteiger partial charge in [0.05, 0.1) is 30.1 Å². The van der Waals surface area contributed by atoms with E-state index in [-0.39, 0.29) is 12.6 Å². The molecule has 1 atom stereocenters. The van der Waals surface area contributed by atoms with Crippen molar-refractivity contribution in [1.82, 2.24) is 4.98 Å². The molecule has 4 heteroatoms. The Morgan fingerprint density at radius 3 is 3.12 bits per heavy atom. The molecule has 0 radical (unpaired) electrons. The maximum Gasteiger partial charge on any atom is 0.101 e. The molecule has 0 aromatic carbocycles. The molecule has 0 bridgehead atoms. The van der Waals surface area contributed by atoms with Crippen molar-refractivity contribution in [2.45, 2.75) is 31.7 Å². The van der Waals surface area contributed by atoms with Crippen molar-refractivity contribution in [1.29, 1.82) is 5.26 Å². The molecule has 1 unspecified atom stereocenters. The van der Waals surface area contributed by atoms with Crippen molar-refractivity contribution in [2.24, 2.45) is 0 Å². The van der Waals surface area contributed by atoms with E-state index in [9.17, 15) is 5.11 Å². The molecule has 4 nitrogen and oxygen atoms in total. The zero-order chi connectivity index (χ0) is 12.1. The molecule has 1 aliphatic rings. The van der Waals surface area contributed by atoms with Gasteiger partial charge in [0.2, 0.25) is 0 Å². The van der Waals surface area contributed by atoms with Gasteiger partial charge in [-0.25, -0.2) is 0 Å². The van der Waals surface area contributed by atoms with Crippen LogP contribution in [0.5, 0.6) is 0 Å². The first-order chi connectivity index (χ1) is 8.36. The molecular weight excluding hydrogens is 214 g/mol. The van der Waals surface area contributed by atoms with Crippen LogP contribution in [0.25, 0.3) is 0 Å². The van der Waals surface area contributed by atoms with Gasteiger partial charge >= 0.3 is 0 Å². The smallest absolute Gasteiger partial charge is 0.101 e. The number of nitriles is 1. The lowest BCUT2D eigenvalue weighted by atomic mass is 10.1. The van der Waals surface area contributed by atoms with E-state index in [4.69, 9.17) is 5.26 Å². The second kappa shape index (κ2) is 5.65. The molecule has 17 heavy (non-hydrogen) atoms. The fourth-order valence-corrected chi connectivity index (χ4v) is 2.39. The lowest BCUT2D eigenvalue weighted by Gasteiger charge is -2.31. The van der Waals surface area contributed by atoms with Gasteiger partial charge in [-0.1, -0.05) is 12.8 Å². The summed E-state index contributed by atoms with van der Waals surface area (Å²) < 4.78 is 0. The normalized spacial score (nSPS) is 20.7. The second-order valence-electron chi connectivity index (χ2n) is 4.38. The van der Waals surface area contributed by atoms with E-state index in [1.54, 1.807) is 18.5 Å². The largest absolute Gasteiger partial charge is 0.394 e. The van der Waals surface area contributed by atoms with Crippen LogP contribution in [0.15, 0.2) is 18.5 Å². The minimum Gasteiger partial charge on any atom is -0.394 e. The third-order valence-electron chi connectivity index (χ3n) is 3.32. The Morgan fingerprint density at radius 1 is 1.47 bits per heavy atom. The summed E-state index contributed by atoms with van der Waals surface area (Å²) in [6, 6.07) is 4.04. The van der Waals surface area contributed by atoms with Crippen molar-refractivity contribution in [3.8, 4) is 6.07 Å². The highest BCUT2D eigenvalue weighted by atomic mass is 16.3. The van der Waals surface area contributed by atoms with Crippen LogP contribution in [0.4, 0.5) is 5.69 Å². The zero-order valence-electron chi connectivity index (χ0n) is 9.84. The number of anilines is 1. The minimum absolute atomic E-state index is 0.119. The number of nitrogens with zero attached hydrogens (tertiary/aromatic N) is 3. The maximum absolute atomic E-state index is 9.47.